The van der Waals surface area contributed by atoms with E-state index in [1.807, 2.05) is 0 Å². The molecular formula is C11H10BrFN4O2. The largest absolute Gasteiger partial charge is 0.373 e. The van der Waals surface area contributed by atoms with Gasteiger partial charge in [-0.2, -0.15) is 5.10 Å². The van der Waals surface area contributed by atoms with Crippen molar-refractivity contribution in [3.05, 3.63) is 50.5 Å². The molecule has 8 heteroatoms. The first-order valence-corrected chi connectivity index (χ1v) is 6.17. The van der Waals surface area contributed by atoms with Gasteiger partial charge < -0.3 is 5.32 Å². The normalized spacial score (nSPS) is 12.2. The Labute approximate surface area is 116 Å². The summed E-state index contributed by atoms with van der Waals surface area (Å²) in [5.74, 6) is -0.563. The summed E-state index contributed by atoms with van der Waals surface area (Å²) in [5.41, 5.74) is 0.751. The average molecular weight is 329 g/mol. The zero-order valence-electron chi connectivity index (χ0n) is 9.85. The van der Waals surface area contributed by atoms with E-state index in [2.05, 4.69) is 31.4 Å². The van der Waals surface area contributed by atoms with Gasteiger partial charge in [0.15, 0.2) is 0 Å². The second-order valence-corrected chi connectivity index (χ2v) is 4.79. The molecule has 19 heavy (non-hydrogen) atoms. The highest BCUT2D eigenvalue weighted by atomic mass is 79.9. The highest BCUT2D eigenvalue weighted by molar-refractivity contribution is 9.10. The van der Waals surface area contributed by atoms with Crippen molar-refractivity contribution in [2.45, 2.75) is 13.0 Å². The summed E-state index contributed by atoms with van der Waals surface area (Å²) in [4.78, 5) is 10.4. The number of H-pyrrole nitrogens is 1. The Hall–Kier alpha value is -1.96. The third kappa shape index (κ3) is 2.90. The Bertz CT molecular complexity index is 603. The number of anilines is 1. The van der Waals surface area contributed by atoms with Gasteiger partial charge in [0.2, 0.25) is 0 Å². The molecule has 0 aliphatic heterocycles. The van der Waals surface area contributed by atoms with Crippen LogP contribution >= 0.6 is 15.9 Å². The molecule has 0 bridgehead atoms. The van der Waals surface area contributed by atoms with Gasteiger partial charge in [0.1, 0.15) is 11.5 Å². The minimum absolute atomic E-state index is 0.0562. The lowest BCUT2D eigenvalue weighted by molar-refractivity contribution is -0.384. The lowest BCUT2D eigenvalue weighted by Gasteiger charge is -2.14. The topological polar surface area (TPSA) is 83.8 Å². The van der Waals surface area contributed by atoms with Gasteiger partial charge >= 0.3 is 0 Å². The Kier molecular flexibility index (Phi) is 3.79. The van der Waals surface area contributed by atoms with Crippen LogP contribution in [0.4, 0.5) is 15.8 Å². The van der Waals surface area contributed by atoms with Crippen LogP contribution in [0.5, 0.6) is 0 Å². The molecule has 0 aliphatic carbocycles. The molecule has 100 valence electrons. The molecule has 2 N–H and O–H groups in total. The third-order valence-electron chi connectivity index (χ3n) is 2.63. The van der Waals surface area contributed by atoms with Gasteiger partial charge in [0.05, 0.1) is 21.6 Å². The SMILES string of the molecule is CC(Nc1cc(F)c(Br)cc1[N+](=O)[O-])c1cn[nH]c1. The van der Waals surface area contributed by atoms with Gasteiger partial charge in [-0.1, -0.05) is 0 Å². The maximum absolute atomic E-state index is 13.5. The van der Waals surface area contributed by atoms with E-state index in [0.29, 0.717) is 0 Å². The van der Waals surface area contributed by atoms with Crippen LogP contribution in [0.25, 0.3) is 0 Å². The van der Waals surface area contributed by atoms with E-state index in [1.54, 1.807) is 19.3 Å². The van der Waals surface area contributed by atoms with Gasteiger partial charge in [-0.05, 0) is 22.9 Å². The molecule has 1 aromatic heterocycles. The van der Waals surface area contributed by atoms with Crippen LogP contribution in [0, 0.1) is 15.9 Å². The van der Waals surface area contributed by atoms with Gasteiger partial charge in [-0.25, -0.2) is 4.39 Å². The van der Waals surface area contributed by atoms with E-state index >= 15 is 0 Å². The molecule has 1 heterocycles. The summed E-state index contributed by atoms with van der Waals surface area (Å²) in [7, 11) is 0. The standard InChI is InChI=1S/C11H10BrFN4O2/c1-6(7-4-14-15-5-7)16-10-3-9(13)8(12)2-11(10)17(18)19/h2-6,16H,1H3,(H,14,15). The number of hydrogen-bond acceptors (Lipinski definition) is 4. The van der Waals surface area contributed by atoms with E-state index in [1.165, 1.54) is 0 Å². The Morgan fingerprint density at radius 2 is 2.32 bits per heavy atom. The molecule has 0 saturated heterocycles. The summed E-state index contributed by atoms with van der Waals surface area (Å²) < 4.78 is 13.5. The van der Waals surface area contributed by atoms with Crippen molar-refractivity contribution in [3.63, 3.8) is 0 Å². The van der Waals surface area contributed by atoms with Crippen molar-refractivity contribution >= 4 is 27.3 Å². The minimum atomic E-state index is -0.563. The Morgan fingerprint density at radius 3 is 2.89 bits per heavy atom. The van der Waals surface area contributed by atoms with Crippen LogP contribution in [0.2, 0.25) is 0 Å². The summed E-state index contributed by atoms with van der Waals surface area (Å²) in [6, 6.07) is 2.00. The molecule has 1 unspecified atom stereocenters. The molecule has 1 atom stereocenters. The molecule has 0 saturated carbocycles. The lowest BCUT2D eigenvalue weighted by Crippen LogP contribution is -2.08. The second-order valence-electron chi connectivity index (χ2n) is 3.94. The van der Waals surface area contributed by atoms with Crippen LogP contribution in [-0.4, -0.2) is 15.1 Å². The number of nitro benzene ring substituents is 1. The van der Waals surface area contributed by atoms with Crippen LogP contribution < -0.4 is 5.32 Å². The van der Waals surface area contributed by atoms with Crippen molar-refractivity contribution < 1.29 is 9.31 Å². The minimum Gasteiger partial charge on any atom is -0.373 e. The van der Waals surface area contributed by atoms with Crippen LogP contribution in [0.1, 0.15) is 18.5 Å². The molecule has 6 nitrogen and oxygen atoms in total. The molecule has 0 fully saturated rings. The fraction of sp³-hybridized carbons (Fsp3) is 0.182. The Morgan fingerprint density at radius 1 is 1.58 bits per heavy atom. The smallest absolute Gasteiger partial charge is 0.293 e. The summed E-state index contributed by atoms with van der Waals surface area (Å²) in [6.07, 6.45) is 3.26. The number of hydrogen-bond donors (Lipinski definition) is 2. The quantitative estimate of drug-likeness (QED) is 0.665. The van der Waals surface area contributed by atoms with Gasteiger partial charge in [0, 0.05) is 23.9 Å². The van der Waals surface area contributed by atoms with Gasteiger partial charge in [-0.15, -0.1) is 0 Å². The number of rotatable bonds is 4. The molecule has 0 amide bonds. The zero-order valence-corrected chi connectivity index (χ0v) is 11.4. The molecule has 2 aromatic rings. The first-order valence-electron chi connectivity index (χ1n) is 5.37. The van der Waals surface area contributed by atoms with Crippen molar-refractivity contribution in [2.75, 3.05) is 5.32 Å². The number of nitrogens with one attached hydrogen (secondary N) is 2. The molecule has 2 rings (SSSR count). The summed E-state index contributed by atoms with van der Waals surface area (Å²) in [6.45, 7) is 1.80. The van der Waals surface area contributed by atoms with E-state index in [0.717, 1.165) is 17.7 Å². The summed E-state index contributed by atoms with van der Waals surface area (Å²) >= 11 is 2.93. The van der Waals surface area contributed by atoms with Crippen molar-refractivity contribution in [3.8, 4) is 0 Å². The fourth-order valence-corrected chi connectivity index (χ4v) is 1.95. The molecular weight excluding hydrogens is 319 g/mol. The summed E-state index contributed by atoms with van der Waals surface area (Å²) in [5, 5.41) is 20.3. The fourth-order valence-electron chi connectivity index (χ4n) is 1.62. The number of halogens is 2. The lowest BCUT2D eigenvalue weighted by atomic mass is 10.1. The van der Waals surface area contributed by atoms with Crippen LogP contribution in [0.15, 0.2) is 29.0 Å². The first-order chi connectivity index (χ1) is 8.99. The predicted octanol–water partition coefficient (Wildman–Crippen LogP) is 3.39. The monoisotopic (exact) mass is 328 g/mol. The van der Waals surface area contributed by atoms with E-state index < -0.39 is 10.7 Å². The second kappa shape index (κ2) is 5.35. The van der Waals surface area contributed by atoms with Crippen molar-refractivity contribution in [1.82, 2.24) is 10.2 Å². The Balaban J connectivity index is 2.33. The molecule has 0 aliphatic rings. The number of nitro groups is 1. The van der Waals surface area contributed by atoms with Gasteiger partial charge in [-0.3, -0.25) is 15.2 Å². The van der Waals surface area contributed by atoms with Crippen LogP contribution in [-0.2, 0) is 0 Å². The highest BCUT2D eigenvalue weighted by Gasteiger charge is 2.19. The number of nitrogens with zero attached hydrogens (tertiary/aromatic N) is 2. The number of aromatic nitrogens is 2. The van der Waals surface area contributed by atoms with E-state index in [-0.39, 0.29) is 21.9 Å². The number of benzene rings is 1. The molecule has 0 radical (unpaired) electrons. The van der Waals surface area contributed by atoms with Gasteiger partial charge in [0.25, 0.3) is 5.69 Å². The molecule has 0 spiro atoms. The third-order valence-corrected chi connectivity index (χ3v) is 3.23. The van der Waals surface area contributed by atoms with Crippen molar-refractivity contribution in [1.29, 1.82) is 0 Å². The highest BCUT2D eigenvalue weighted by Crippen LogP contribution is 2.32. The number of aromatic amines is 1. The van der Waals surface area contributed by atoms with E-state index in [9.17, 15) is 14.5 Å². The van der Waals surface area contributed by atoms with E-state index in [4.69, 9.17) is 0 Å². The predicted molar refractivity (Wildman–Crippen MR) is 71.4 cm³/mol. The van der Waals surface area contributed by atoms with Crippen LogP contribution in [0.3, 0.4) is 0 Å². The zero-order chi connectivity index (χ0) is 14.0. The maximum atomic E-state index is 13.5. The maximum Gasteiger partial charge on any atom is 0.293 e. The van der Waals surface area contributed by atoms with Crippen molar-refractivity contribution in [2.24, 2.45) is 0 Å². The first kappa shape index (κ1) is 13.5. The molecule has 1 aromatic carbocycles. The average Bonchev–Trinajstić information content (AvgIpc) is 2.86.